The average molecular weight is 213 g/mol. The van der Waals surface area contributed by atoms with Gasteiger partial charge in [-0.15, -0.1) is 0 Å². The lowest BCUT2D eigenvalue weighted by Crippen LogP contribution is -2.20. The third kappa shape index (κ3) is 1.23. The van der Waals surface area contributed by atoms with Gasteiger partial charge in [0.15, 0.2) is 0 Å². The SMILES string of the molecule is NCC1(c2c(O)ccc3ccccc23)CC1. The van der Waals surface area contributed by atoms with Crippen molar-refractivity contribution in [1.29, 1.82) is 0 Å². The maximum absolute atomic E-state index is 10.1. The van der Waals surface area contributed by atoms with Crippen LogP contribution in [0.15, 0.2) is 36.4 Å². The van der Waals surface area contributed by atoms with Crippen molar-refractivity contribution in [2.75, 3.05) is 6.54 Å². The molecular weight excluding hydrogens is 198 g/mol. The quantitative estimate of drug-likeness (QED) is 0.805. The number of nitrogens with two attached hydrogens (primary N) is 1. The van der Waals surface area contributed by atoms with Crippen molar-refractivity contribution in [2.24, 2.45) is 5.73 Å². The van der Waals surface area contributed by atoms with Crippen LogP contribution < -0.4 is 5.73 Å². The van der Waals surface area contributed by atoms with Crippen LogP contribution in [0.5, 0.6) is 5.75 Å². The van der Waals surface area contributed by atoms with E-state index in [-0.39, 0.29) is 5.41 Å². The molecule has 0 aliphatic heterocycles. The monoisotopic (exact) mass is 213 g/mol. The van der Waals surface area contributed by atoms with Crippen molar-refractivity contribution < 1.29 is 5.11 Å². The molecule has 0 radical (unpaired) electrons. The molecule has 1 fully saturated rings. The van der Waals surface area contributed by atoms with Crippen LogP contribution in [0, 0.1) is 0 Å². The fraction of sp³-hybridized carbons (Fsp3) is 0.286. The van der Waals surface area contributed by atoms with E-state index in [0.717, 1.165) is 23.8 Å². The minimum Gasteiger partial charge on any atom is -0.508 e. The van der Waals surface area contributed by atoms with E-state index < -0.39 is 0 Å². The Morgan fingerprint density at radius 2 is 1.88 bits per heavy atom. The van der Waals surface area contributed by atoms with E-state index in [9.17, 15) is 5.11 Å². The standard InChI is InChI=1S/C14H15NO/c15-9-14(7-8-14)13-11-4-2-1-3-10(11)5-6-12(13)16/h1-6,16H,7-9,15H2. The molecule has 0 saturated heterocycles. The third-order valence-electron chi connectivity index (χ3n) is 3.68. The van der Waals surface area contributed by atoms with Gasteiger partial charge in [-0.2, -0.15) is 0 Å². The van der Waals surface area contributed by atoms with Gasteiger partial charge in [0.05, 0.1) is 0 Å². The molecule has 3 rings (SSSR count). The summed E-state index contributed by atoms with van der Waals surface area (Å²) in [7, 11) is 0. The summed E-state index contributed by atoms with van der Waals surface area (Å²) < 4.78 is 0. The van der Waals surface area contributed by atoms with Crippen molar-refractivity contribution in [3.63, 3.8) is 0 Å². The van der Waals surface area contributed by atoms with Crippen molar-refractivity contribution in [1.82, 2.24) is 0 Å². The van der Waals surface area contributed by atoms with E-state index in [4.69, 9.17) is 5.73 Å². The van der Waals surface area contributed by atoms with Crippen LogP contribution in [0.3, 0.4) is 0 Å². The predicted molar refractivity (Wildman–Crippen MR) is 65.6 cm³/mol. The lowest BCUT2D eigenvalue weighted by atomic mass is 9.90. The van der Waals surface area contributed by atoms with E-state index in [0.29, 0.717) is 12.3 Å². The number of benzene rings is 2. The van der Waals surface area contributed by atoms with Gasteiger partial charge in [-0.05, 0) is 29.7 Å². The normalized spacial score (nSPS) is 17.6. The molecule has 2 aromatic carbocycles. The number of phenolic OH excluding ortho intramolecular Hbond substituents is 1. The van der Waals surface area contributed by atoms with Gasteiger partial charge in [0.25, 0.3) is 0 Å². The first-order chi connectivity index (χ1) is 7.77. The number of fused-ring (bicyclic) bond motifs is 1. The van der Waals surface area contributed by atoms with Crippen molar-refractivity contribution in [3.05, 3.63) is 42.0 Å². The van der Waals surface area contributed by atoms with E-state index >= 15 is 0 Å². The molecule has 2 heteroatoms. The highest BCUT2D eigenvalue weighted by Crippen LogP contribution is 2.52. The molecule has 3 N–H and O–H groups in total. The number of hydrogen-bond donors (Lipinski definition) is 2. The van der Waals surface area contributed by atoms with Crippen LogP contribution in [-0.2, 0) is 5.41 Å². The highest BCUT2D eigenvalue weighted by atomic mass is 16.3. The minimum atomic E-state index is 0.0327. The average Bonchev–Trinajstić information content (AvgIpc) is 3.10. The molecule has 0 heterocycles. The lowest BCUT2D eigenvalue weighted by Gasteiger charge is -2.17. The fourth-order valence-electron chi connectivity index (χ4n) is 2.52. The first-order valence-corrected chi connectivity index (χ1v) is 5.68. The zero-order valence-electron chi connectivity index (χ0n) is 9.11. The first kappa shape index (κ1) is 9.67. The topological polar surface area (TPSA) is 46.2 Å². The lowest BCUT2D eigenvalue weighted by molar-refractivity contribution is 0.461. The van der Waals surface area contributed by atoms with Crippen LogP contribution in [0.1, 0.15) is 18.4 Å². The highest BCUT2D eigenvalue weighted by Gasteiger charge is 2.45. The van der Waals surface area contributed by atoms with Gasteiger partial charge in [0.2, 0.25) is 0 Å². The summed E-state index contributed by atoms with van der Waals surface area (Å²) in [4.78, 5) is 0. The molecule has 1 saturated carbocycles. The molecule has 0 aromatic heterocycles. The van der Waals surface area contributed by atoms with Gasteiger partial charge < -0.3 is 10.8 Å². The summed E-state index contributed by atoms with van der Waals surface area (Å²) >= 11 is 0. The van der Waals surface area contributed by atoms with Crippen molar-refractivity contribution >= 4 is 10.8 Å². The Kier molecular flexibility index (Phi) is 1.95. The Morgan fingerprint density at radius 3 is 2.56 bits per heavy atom. The summed E-state index contributed by atoms with van der Waals surface area (Å²) in [5, 5.41) is 12.4. The Bertz CT molecular complexity index is 543. The van der Waals surface area contributed by atoms with Gasteiger partial charge in [0.1, 0.15) is 5.75 Å². The Labute approximate surface area is 94.7 Å². The van der Waals surface area contributed by atoms with Crippen molar-refractivity contribution in [3.8, 4) is 5.75 Å². The molecule has 1 aliphatic rings. The summed E-state index contributed by atoms with van der Waals surface area (Å²) in [5.41, 5.74) is 6.93. The fourth-order valence-corrected chi connectivity index (χ4v) is 2.52. The molecule has 0 bridgehead atoms. The summed E-state index contributed by atoms with van der Waals surface area (Å²) in [6.07, 6.45) is 2.18. The highest BCUT2D eigenvalue weighted by molar-refractivity contribution is 5.89. The van der Waals surface area contributed by atoms with Gasteiger partial charge in [0, 0.05) is 17.5 Å². The first-order valence-electron chi connectivity index (χ1n) is 5.68. The van der Waals surface area contributed by atoms with Gasteiger partial charge in [-0.25, -0.2) is 0 Å². The molecule has 0 atom stereocenters. The van der Waals surface area contributed by atoms with Crippen molar-refractivity contribution in [2.45, 2.75) is 18.3 Å². The Balaban J connectivity index is 2.33. The summed E-state index contributed by atoms with van der Waals surface area (Å²) in [5.74, 6) is 0.390. The number of phenols is 1. The summed E-state index contributed by atoms with van der Waals surface area (Å²) in [6, 6.07) is 11.9. The minimum absolute atomic E-state index is 0.0327. The van der Waals surface area contributed by atoms with E-state index in [2.05, 4.69) is 12.1 Å². The zero-order valence-corrected chi connectivity index (χ0v) is 9.11. The second-order valence-corrected chi connectivity index (χ2v) is 4.67. The molecule has 2 aromatic rings. The number of aromatic hydroxyl groups is 1. The van der Waals surface area contributed by atoms with E-state index in [1.165, 1.54) is 5.39 Å². The van der Waals surface area contributed by atoms with Gasteiger partial charge in [-0.1, -0.05) is 30.3 Å². The second-order valence-electron chi connectivity index (χ2n) is 4.67. The molecule has 1 aliphatic carbocycles. The van der Waals surface area contributed by atoms with Crippen LogP contribution in [0.25, 0.3) is 10.8 Å². The largest absolute Gasteiger partial charge is 0.508 e. The summed E-state index contributed by atoms with van der Waals surface area (Å²) in [6.45, 7) is 0.620. The third-order valence-corrected chi connectivity index (χ3v) is 3.68. The van der Waals surface area contributed by atoms with E-state index in [1.54, 1.807) is 6.07 Å². The van der Waals surface area contributed by atoms with Crippen LogP contribution >= 0.6 is 0 Å². The molecular formula is C14H15NO. The molecule has 2 nitrogen and oxygen atoms in total. The van der Waals surface area contributed by atoms with Crippen LogP contribution in [-0.4, -0.2) is 11.7 Å². The molecule has 0 amide bonds. The second kappa shape index (κ2) is 3.22. The molecule has 16 heavy (non-hydrogen) atoms. The number of hydrogen-bond acceptors (Lipinski definition) is 2. The maximum Gasteiger partial charge on any atom is 0.120 e. The molecule has 0 spiro atoms. The maximum atomic E-state index is 10.1. The predicted octanol–water partition coefficient (Wildman–Crippen LogP) is 2.54. The Hall–Kier alpha value is -1.54. The molecule has 0 unspecified atom stereocenters. The molecule has 82 valence electrons. The van der Waals surface area contributed by atoms with Gasteiger partial charge >= 0.3 is 0 Å². The Morgan fingerprint density at radius 1 is 1.12 bits per heavy atom. The van der Waals surface area contributed by atoms with Crippen LogP contribution in [0.4, 0.5) is 0 Å². The zero-order chi connectivity index (χ0) is 11.2. The van der Waals surface area contributed by atoms with E-state index in [1.807, 2.05) is 18.2 Å². The van der Waals surface area contributed by atoms with Crippen LogP contribution in [0.2, 0.25) is 0 Å². The smallest absolute Gasteiger partial charge is 0.120 e. The van der Waals surface area contributed by atoms with Gasteiger partial charge in [-0.3, -0.25) is 0 Å². The number of rotatable bonds is 2.